The van der Waals surface area contributed by atoms with Crippen LogP contribution < -0.4 is 10.6 Å². The second-order valence-corrected chi connectivity index (χ2v) is 10.1. The third-order valence-electron chi connectivity index (χ3n) is 5.76. The Bertz CT molecular complexity index is 1330. The minimum absolute atomic E-state index is 0.0811. The smallest absolute Gasteiger partial charge is 0.226 e. The van der Waals surface area contributed by atoms with E-state index in [9.17, 15) is 4.79 Å². The molecule has 2 atom stereocenters. The average molecular weight is 535 g/mol. The van der Waals surface area contributed by atoms with Crippen molar-refractivity contribution in [2.45, 2.75) is 28.5 Å². The van der Waals surface area contributed by atoms with Gasteiger partial charge in [-0.3, -0.25) is 9.78 Å². The highest BCUT2D eigenvalue weighted by molar-refractivity contribution is 7.99. The van der Waals surface area contributed by atoms with Crippen molar-refractivity contribution in [3.05, 3.63) is 108 Å². The Morgan fingerprint density at radius 1 is 1.06 bits per heavy atom. The number of furan rings is 1. The van der Waals surface area contributed by atoms with E-state index in [0.29, 0.717) is 16.7 Å². The summed E-state index contributed by atoms with van der Waals surface area (Å²) in [7, 11) is 0. The molecule has 1 saturated heterocycles. The largest absolute Gasteiger partial charge is 0.452 e. The van der Waals surface area contributed by atoms with Gasteiger partial charge in [0.15, 0.2) is 10.2 Å². The lowest BCUT2D eigenvalue weighted by Gasteiger charge is -2.25. The maximum atomic E-state index is 12.7. The van der Waals surface area contributed by atoms with Crippen LogP contribution >= 0.6 is 35.6 Å². The van der Waals surface area contributed by atoms with Crippen molar-refractivity contribution < 1.29 is 9.21 Å². The van der Waals surface area contributed by atoms with E-state index in [2.05, 4.69) is 15.6 Å². The quantitative estimate of drug-likeness (QED) is 0.251. The van der Waals surface area contributed by atoms with Gasteiger partial charge < -0.3 is 20.0 Å². The lowest BCUT2D eigenvalue weighted by atomic mass is 10.0. The molecule has 9 heteroatoms. The summed E-state index contributed by atoms with van der Waals surface area (Å²) in [5.41, 5.74) is 1.62. The molecule has 2 aromatic heterocycles. The molecule has 0 aliphatic carbocycles. The molecular formula is C27H23ClN4O2S2. The van der Waals surface area contributed by atoms with Crippen molar-refractivity contribution in [3.8, 4) is 0 Å². The third-order valence-corrected chi connectivity index (χ3v) is 7.29. The fourth-order valence-corrected chi connectivity index (χ4v) is 5.33. The molecule has 2 aromatic carbocycles. The Hall–Kier alpha value is -3.33. The lowest BCUT2D eigenvalue weighted by Crippen LogP contribution is -2.32. The van der Waals surface area contributed by atoms with Crippen LogP contribution in [0.5, 0.6) is 0 Å². The van der Waals surface area contributed by atoms with Gasteiger partial charge in [-0.2, -0.15) is 0 Å². The van der Waals surface area contributed by atoms with Gasteiger partial charge in [-0.1, -0.05) is 47.6 Å². The van der Waals surface area contributed by atoms with E-state index in [1.165, 1.54) is 11.8 Å². The predicted octanol–water partition coefficient (Wildman–Crippen LogP) is 6.48. The summed E-state index contributed by atoms with van der Waals surface area (Å²) in [5, 5.41) is 8.33. The number of aromatic nitrogens is 1. The average Bonchev–Trinajstić information content (AvgIpc) is 3.49. The summed E-state index contributed by atoms with van der Waals surface area (Å²) in [6.45, 7) is 0.429. The Morgan fingerprint density at radius 2 is 1.83 bits per heavy atom. The van der Waals surface area contributed by atoms with Crippen LogP contribution in [0.1, 0.15) is 30.0 Å². The van der Waals surface area contributed by atoms with Crippen LogP contribution in [0.15, 0.2) is 106 Å². The van der Waals surface area contributed by atoms with Crippen LogP contribution in [0, 0.1) is 0 Å². The van der Waals surface area contributed by atoms with Gasteiger partial charge in [0.2, 0.25) is 5.91 Å². The molecule has 6 nitrogen and oxygen atoms in total. The maximum Gasteiger partial charge on any atom is 0.226 e. The van der Waals surface area contributed by atoms with Crippen LogP contribution in [0.2, 0.25) is 5.02 Å². The molecule has 0 bridgehead atoms. The molecule has 36 heavy (non-hydrogen) atoms. The van der Waals surface area contributed by atoms with E-state index >= 15 is 0 Å². The molecule has 0 unspecified atom stereocenters. The number of para-hydroxylation sites is 1. The van der Waals surface area contributed by atoms with Gasteiger partial charge in [-0.15, -0.1) is 0 Å². The van der Waals surface area contributed by atoms with Crippen molar-refractivity contribution in [1.29, 1.82) is 0 Å². The van der Waals surface area contributed by atoms with Crippen LogP contribution in [0.4, 0.5) is 5.69 Å². The van der Waals surface area contributed by atoms with Crippen LogP contribution in [0.3, 0.4) is 0 Å². The number of anilines is 1. The predicted molar refractivity (Wildman–Crippen MR) is 146 cm³/mol. The molecular weight excluding hydrogens is 512 g/mol. The number of amides is 1. The van der Waals surface area contributed by atoms with E-state index < -0.39 is 0 Å². The molecule has 2 N–H and O–H groups in total. The summed E-state index contributed by atoms with van der Waals surface area (Å²) >= 11 is 13.2. The number of nitrogens with zero attached hydrogens (tertiary/aromatic N) is 2. The monoisotopic (exact) mass is 534 g/mol. The van der Waals surface area contributed by atoms with Gasteiger partial charge in [-0.05, 0) is 72.9 Å². The van der Waals surface area contributed by atoms with E-state index in [4.69, 9.17) is 28.2 Å². The van der Waals surface area contributed by atoms with Crippen LogP contribution in [-0.4, -0.2) is 27.4 Å². The number of nitrogens with one attached hydrogen (secondary N) is 2. The number of hydrogen-bond acceptors (Lipinski definition) is 5. The molecule has 1 fully saturated rings. The van der Waals surface area contributed by atoms with Gasteiger partial charge in [0.1, 0.15) is 11.8 Å². The number of pyridine rings is 1. The molecule has 1 aliphatic heterocycles. The summed E-state index contributed by atoms with van der Waals surface area (Å²) in [5.74, 6) is 0.667. The maximum absolute atomic E-state index is 12.7. The first-order valence-corrected chi connectivity index (χ1v) is 13.0. The Balaban J connectivity index is 1.36. The Morgan fingerprint density at radius 3 is 2.58 bits per heavy atom. The molecule has 0 spiro atoms. The summed E-state index contributed by atoms with van der Waals surface area (Å²) < 4.78 is 6.29. The number of rotatable bonds is 8. The minimum Gasteiger partial charge on any atom is -0.452 e. The van der Waals surface area contributed by atoms with Gasteiger partial charge in [0, 0.05) is 34.8 Å². The van der Waals surface area contributed by atoms with Crippen LogP contribution in [0.25, 0.3) is 0 Å². The normalized spacial score (nSPS) is 17.1. The molecule has 1 aliphatic rings. The van der Waals surface area contributed by atoms with Gasteiger partial charge in [0.25, 0.3) is 0 Å². The van der Waals surface area contributed by atoms with E-state index in [0.717, 1.165) is 27.1 Å². The zero-order valence-electron chi connectivity index (χ0n) is 19.1. The van der Waals surface area contributed by atoms with E-state index in [1.807, 2.05) is 89.8 Å². The Kier molecular flexibility index (Phi) is 7.55. The first-order chi connectivity index (χ1) is 17.6. The minimum atomic E-state index is -0.253. The van der Waals surface area contributed by atoms with Crippen molar-refractivity contribution in [2.24, 2.45) is 0 Å². The number of carbonyl (C=O) groups excluding carboxylic acids is 1. The first kappa shape index (κ1) is 24.4. The third kappa shape index (κ3) is 5.73. The highest BCUT2D eigenvalue weighted by Crippen LogP contribution is 2.41. The Labute approximate surface area is 224 Å². The van der Waals surface area contributed by atoms with Gasteiger partial charge in [0.05, 0.1) is 11.7 Å². The molecule has 1 amide bonds. The SMILES string of the molecule is O=C(CCN1C(=S)N[C@@H](c2ccccn2)[C@@H]1c1ccc(Sc2ccc(Cl)cc2)o1)Nc1ccccc1. The number of hydrogen-bond donors (Lipinski definition) is 2. The fraction of sp³-hybridized carbons (Fsp3) is 0.148. The zero-order chi connectivity index (χ0) is 24.9. The molecule has 0 radical (unpaired) electrons. The van der Waals surface area contributed by atoms with Crippen LogP contribution in [-0.2, 0) is 4.79 Å². The molecule has 4 aromatic rings. The topological polar surface area (TPSA) is 70.4 Å². The number of thiocarbonyl (C=S) groups is 1. The highest BCUT2D eigenvalue weighted by Gasteiger charge is 2.41. The zero-order valence-corrected chi connectivity index (χ0v) is 21.5. The van der Waals surface area contributed by atoms with Crippen molar-refractivity contribution in [3.63, 3.8) is 0 Å². The van der Waals surface area contributed by atoms with Gasteiger partial charge in [-0.25, -0.2) is 0 Å². The fourth-order valence-electron chi connectivity index (χ4n) is 4.09. The summed E-state index contributed by atoms with van der Waals surface area (Å²) in [6, 6.07) is 26.3. The molecule has 3 heterocycles. The summed E-state index contributed by atoms with van der Waals surface area (Å²) in [4.78, 5) is 20.2. The van der Waals surface area contributed by atoms with Crippen molar-refractivity contribution in [1.82, 2.24) is 15.2 Å². The highest BCUT2D eigenvalue weighted by atomic mass is 35.5. The van der Waals surface area contributed by atoms with Gasteiger partial charge >= 0.3 is 0 Å². The molecule has 5 rings (SSSR count). The van der Waals surface area contributed by atoms with Crippen molar-refractivity contribution >= 4 is 52.3 Å². The van der Waals surface area contributed by atoms with E-state index in [-0.39, 0.29) is 24.4 Å². The first-order valence-electron chi connectivity index (χ1n) is 11.4. The lowest BCUT2D eigenvalue weighted by molar-refractivity contribution is -0.116. The second kappa shape index (κ2) is 11.2. The summed E-state index contributed by atoms with van der Waals surface area (Å²) in [6.07, 6.45) is 2.03. The number of carbonyl (C=O) groups is 1. The van der Waals surface area contributed by atoms with E-state index in [1.54, 1.807) is 6.20 Å². The second-order valence-electron chi connectivity index (χ2n) is 8.20. The van der Waals surface area contributed by atoms with Crippen molar-refractivity contribution in [2.75, 3.05) is 11.9 Å². The standard InChI is InChI=1S/C27H23ClN4O2S2/c28-18-9-11-20(12-10-18)36-24-14-13-22(34-24)26-25(21-8-4-5-16-29-21)31-27(35)32(26)17-15-23(33)30-19-6-2-1-3-7-19/h1-14,16,25-26H,15,17H2,(H,30,33)(H,31,35)/t25-,26-/m0/s1. The number of halogens is 1. The molecule has 182 valence electrons. The molecule has 0 saturated carbocycles. The number of benzene rings is 2.